The summed E-state index contributed by atoms with van der Waals surface area (Å²) in [6, 6.07) is -2.23. The van der Waals surface area contributed by atoms with Crippen molar-refractivity contribution in [3.8, 4) is 0 Å². The van der Waals surface area contributed by atoms with Crippen molar-refractivity contribution in [3.63, 3.8) is 0 Å². The second kappa shape index (κ2) is 14.8. The molecule has 0 rings (SSSR count). The van der Waals surface area contributed by atoms with E-state index in [4.69, 9.17) is 17.2 Å². The average Bonchev–Trinajstić information content (AvgIpc) is 2.60. The van der Waals surface area contributed by atoms with E-state index in [1.54, 1.807) is 5.43 Å². The number of ether oxygens (including phenoxy) is 1. The summed E-state index contributed by atoms with van der Waals surface area (Å²) in [6.07, 6.45) is -0.0357. The molecule has 2 unspecified atom stereocenters. The Bertz CT molecular complexity index is 630. The second-order valence-corrected chi connectivity index (χ2v) is 5.42. The molecule has 0 aliphatic rings. The molecule has 0 aliphatic heterocycles. The molecule has 0 aliphatic carbocycles. The molecule has 166 valence electrons. The van der Waals surface area contributed by atoms with Gasteiger partial charge in [0.05, 0.1) is 26.1 Å². The molecule has 9 N–H and O–H groups in total. The highest BCUT2D eigenvalue weighted by atomic mass is 35.5. The number of guanidine groups is 1. The Morgan fingerprint density at radius 2 is 1.86 bits per heavy atom. The van der Waals surface area contributed by atoms with Crippen molar-refractivity contribution in [1.29, 1.82) is 0 Å². The number of aliphatic imine (C=N–C) groups is 1. The first-order chi connectivity index (χ1) is 13.1. The number of rotatable bonds is 12. The fourth-order valence-corrected chi connectivity index (χ4v) is 1.87. The third-order valence-corrected chi connectivity index (χ3v) is 3.14. The number of nitrogens with two attached hydrogens (primary N) is 3. The number of carbonyl (C=O) groups is 4. The molecule has 0 aromatic heterocycles. The predicted molar refractivity (Wildman–Crippen MR) is 94.6 cm³/mol. The number of nitro groups is 1. The molecule has 15 nitrogen and oxygen atoms in total. The van der Waals surface area contributed by atoms with Crippen LogP contribution in [-0.2, 0) is 23.9 Å². The van der Waals surface area contributed by atoms with E-state index >= 15 is 0 Å². The van der Waals surface area contributed by atoms with E-state index in [0.717, 1.165) is 7.11 Å². The zero-order valence-corrected chi connectivity index (χ0v) is 16.3. The first-order valence-electron chi connectivity index (χ1n) is 7.96. The number of hydrogen-bond acceptors (Lipinski definition) is 9. The number of primary amides is 1. The topological polar surface area (TPSA) is 247 Å². The number of amides is 3. The molecule has 0 bridgehead atoms. The normalized spacial score (nSPS) is 12.6. The molecular formula is C13H24ClN8O7-. The molecule has 16 heteroatoms. The predicted octanol–water partition coefficient (Wildman–Crippen LogP) is -7.16. The average molecular weight is 440 g/mol. The number of esters is 1. The number of hydrazine groups is 1. The van der Waals surface area contributed by atoms with E-state index in [1.807, 2.05) is 0 Å². The van der Waals surface area contributed by atoms with Gasteiger partial charge >= 0.3 is 5.97 Å². The SMILES string of the molecule is COC(=O)C(CCCN=C(N)N[N+](=O)[O-])NC(=O)CNC(=O)C(N)CC(N)=O.[Cl-]. The third-order valence-electron chi connectivity index (χ3n) is 3.14. The van der Waals surface area contributed by atoms with E-state index < -0.39 is 53.3 Å². The van der Waals surface area contributed by atoms with Crippen molar-refractivity contribution in [2.75, 3.05) is 20.2 Å². The lowest BCUT2D eigenvalue weighted by molar-refractivity contribution is -0.525. The Labute approximate surface area is 171 Å². The van der Waals surface area contributed by atoms with Gasteiger partial charge in [-0.25, -0.2) is 19.9 Å². The van der Waals surface area contributed by atoms with Crippen molar-refractivity contribution >= 4 is 29.7 Å². The summed E-state index contributed by atoms with van der Waals surface area (Å²) >= 11 is 0. The van der Waals surface area contributed by atoms with Gasteiger partial charge in [-0.2, -0.15) is 0 Å². The first-order valence-corrected chi connectivity index (χ1v) is 7.96. The van der Waals surface area contributed by atoms with Gasteiger partial charge in [-0.15, -0.1) is 0 Å². The molecule has 0 fully saturated rings. The van der Waals surface area contributed by atoms with Crippen LogP contribution in [0.25, 0.3) is 0 Å². The first kappa shape index (κ1) is 28.0. The largest absolute Gasteiger partial charge is 1.00 e. The minimum atomic E-state index is -1.20. The van der Waals surface area contributed by atoms with Crippen molar-refractivity contribution in [2.45, 2.75) is 31.3 Å². The second-order valence-electron chi connectivity index (χ2n) is 5.42. The molecule has 2 atom stereocenters. The Hall–Kier alpha value is -3.20. The lowest BCUT2D eigenvalue weighted by Crippen LogP contribution is -3.00. The summed E-state index contributed by atoms with van der Waals surface area (Å²) in [5.74, 6) is -3.36. The molecule has 0 radical (unpaired) electrons. The van der Waals surface area contributed by atoms with Gasteiger partial charge in [-0.05, 0) is 12.8 Å². The molecule has 3 amide bonds. The molecule has 0 aromatic rings. The number of hydrogen-bond donors (Lipinski definition) is 6. The lowest BCUT2D eigenvalue weighted by atomic mass is 10.1. The zero-order chi connectivity index (χ0) is 21.7. The molecule has 0 spiro atoms. The number of carbonyl (C=O) groups excluding carboxylic acids is 4. The number of nitrogens with one attached hydrogen (secondary N) is 3. The van der Waals surface area contributed by atoms with Gasteiger partial charge in [0.25, 0.3) is 5.96 Å². The van der Waals surface area contributed by atoms with E-state index in [1.165, 1.54) is 0 Å². The van der Waals surface area contributed by atoms with Crippen LogP contribution in [-0.4, -0.2) is 67.0 Å². The van der Waals surface area contributed by atoms with Crippen LogP contribution in [0.3, 0.4) is 0 Å². The molecule has 0 heterocycles. The van der Waals surface area contributed by atoms with Gasteiger partial charge in [-0.3, -0.25) is 14.4 Å². The Balaban J connectivity index is 0. The molecule has 0 saturated heterocycles. The number of nitrogens with zero attached hydrogens (tertiary/aromatic N) is 2. The van der Waals surface area contributed by atoms with Crippen LogP contribution in [0.5, 0.6) is 0 Å². The van der Waals surface area contributed by atoms with Crippen LogP contribution >= 0.6 is 0 Å². The molecule has 0 aromatic carbocycles. The number of methoxy groups -OCH3 is 1. The summed E-state index contributed by atoms with van der Waals surface area (Å²) in [5, 5.41) is 13.9. The van der Waals surface area contributed by atoms with Crippen LogP contribution in [0.1, 0.15) is 19.3 Å². The van der Waals surface area contributed by atoms with Crippen molar-refractivity contribution < 1.29 is 41.4 Å². The highest BCUT2D eigenvalue weighted by Gasteiger charge is 2.22. The standard InChI is InChI=1S/C13H24N8O7.ClH/c1-28-12(25)8(3-2-4-17-13(16)20-21(26)27)19-10(23)6-18-11(24)7(14)5-9(15)22;/h7-8H,2-6,14H2,1H3,(H2,15,22)(H,18,24)(H,19,23)(H3,16,17,20);1H/p-1. The maximum Gasteiger partial charge on any atom is 0.328 e. The van der Waals surface area contributed by atoms with Gasteiger partial charge in [0.2, 0.25) is 17.7 Å². The highest BCUT2D eigenvalue weighted by molar-refractivity contribution is 5.91. The summed E-state index contributed by atoms with van der Waals surface area (Å²) in [6.45, 7) is -0.439. The smallest absolute Gasteiger partial charge is 0.328 e. The molecular weight excluding hydrogens is 416 g/mol. The monoisotopic (exact) mass is 439 g/mol. The van der Waals surface area contributed by atoms with Gasteiger partial charge in [0.1, 0.15) is 6.04 Å². The quantitative estimate of drug-likeness (QED) is 0.0418. The van der Waals surface area contributed by atoms with Gasteiger partial charge in [0.15, 0.2) is 5.03 Å². The van der Waals surface area contributed by atoms with E-state index in [9.17, 15) is 29.3 Å². The minimum Gasteiger partial charge on any atom is -1.00 e. The lowest BCUT2D eigenvalue weighted by Gasteiger charge is -2.17. The maximum atomic E-state index is 11.9. The van der Waals surface area contributed by atoms with Crippen LogP contribution < -0.4 is 45.7 Å². The highest BCUT2D eigenvalue weighted by Crippen LogP contribution is 2.00. The maximum absolute atomic E-state index is 11.9. The zero-order valence-electron chi connectivity index (χ0n) is 15.6. The summed E-state index contributed by atoms with van der Waals surface area (Å²) in [4.78, 5) is 59.8. The summed E-state index contributed by atoms with van der Waals surface area (Å²) in [5.41, 5.74) is 17.2. The summed E-state index contributed by atoms with van der Waals surface area (Å²) in [7, 11) is 1.13. The molecule has 0 saturated carbocycles. The van der Waals surface area contributed by atoms with E-state index in [-0.39, 0.29) is 38.2 Å². The summed E-state index contributed by atoms with van der Waals surface area (Å²) < 4.78 is 4.58. The van der Waals surface area contributed by atoms with Crippen molar-refractivity contribution in [1.82, 2.24) is 16.1 Å². The van der Waals surface area contributed by atoms with Gasteiger partial charge in [-0.1, -0.05) is 5.43 Å². The molecule has 29 heavy (non-hydrogen) atoms. The van der Waals surface area contributed by atoms with Crippen molar-refractivity contribution in [2.24, 2.45) is 22.2 Å². The van der Waals surface area contributed by atoms with Crippen LogP contribution in [0.2, 0.25) is 0 Å². The Morgan fingerprint density at radius 3 is 2.38 bits per heavy atom. The van der Waals surface area contributed by atoms with Crippen LogP contribution in [0, 0.1) is 10.1 Å². The van der Waals surface area contributed by atoms with Gasteiger partial charge < -0.3 is 45.0 Å². The van der Waals surface area contributed by atoms with Crippen LogP contribution in [0.4, 0.5) is 0 Å². The van der Waals surface area contributed by atoms with E-state index in [0.29, 0.717) is 0 Å². The van der Waals surface area contributed by atoms with Crippen LogP contribution in [0.15, 0.2) is 4.99 Å². The van der Waals surface area contributed by atoms with Gasteiger partial charge in [0, 0.05) is 6.54 Å². The third kappa shape index (κ3) is 13.6. The Morgan fingerprint density at radius 1 is 1.24 bits per heavy atom. The fraction of sp³-hybridized carbons (Fsp3) is 0.615. The fourth-order valence-electron chi connectivity index (χ4n) is 1.87. The minimum absolute atomic E-state index is 0. The number of halogens is 1. The van der Waals surface area contributed by atoms with Crippen molar-refractivity contribution in [3.05, 3.63) is 10.1 Å². The van der Waals surface area contributed by atoms with E-state index in [2.05, 4.69) is 20.4 Å². The Kier molecular flexibility index (Phi) is 14.3.